The summed E-state index contributed by atoms with van der Waals surface area (Å²) in [5.74, 6) is -0.584. The molecule has 2 heterocycles. The van der Waals surface area contributed by atoms with Crippen LogP contribution in [0.4, 0.5) is 5.69 Å². The summed E-state index contributed by atoms with van der Waals surface area (Å²) in [6, 6.07) is 10.3. The maximum atomic E-state index is 12.6. The molecule has 0 radical (unpaired) electrons. The number of hydrogen-bond donors (Lipinski definition) is 0. The summed E-state index contributed by atoms with van der Waals surface area (Å²) in [5, 5.41) is 0. The fraction of sp³-hybridized carbons (Fsp3) is 0.0588. The summed E-state index contributed by atoms with van der Waals surface area (Å²) in [6.45, 7) is 0. The Kier molecular flexibility index (Phi) is 4.73. The molecule has 3 rings (SSSR count). The van der Waals surface area contributed by atoms with Gasteiger partial charge in [0.1, 0.15) is 0 Å². The van der Waals surface area contributed by atoms with Gasteiger partial charge >= 0.3 is 5.97 Å². The number of nitrogens with zero attached hydrogens (tertiary/aromatic N) is 2. The van der Waals surface area contributed by atoms with Crippen LogP contribution in [0.25, 0.3) is 6.08 Å². The first-order chi connectivity index (χ1) is 11.6. The van der Waals surface area contributed by atoms with Gasteiger partial charge in [-0.05, 0) is 35.9 Å². The number of carbonyl (C=O) groups is 2. The van der Waals surface area contributed by atoms with Crippen molar-refractivity contribution in [1.82, 2.24) is 4.98 Å². The lowest BCUT2D eigenvalue weighted by Gasteiger charge is -2.13. The van der Waals surface area contributed by atoms with E-state index in [0.717, 1.165) is 5.56 Å². The van der Waals surface area contributed by atoms with E-state index in [9.17, 15) is 9.59 Å². The molecule has 2 aromatic rings. The highest BCUT2D eigenvalue weighted by Gasteiger charge is 2.33. The zero-order valence-corrected chi connectivity index (χ0v) is 14.3. The average Bonchev–Trinajstić information content (AvgIpc) is 2.89. The van der Waals surface area contributed by atoms with Crippen LogP contribution in [-0.2, 0) is 9.53 Å². The van der Waals surface area contributed by atoms with E-state index in [0.29, 0.717) is 20.5 Å². The SMILES string of the molecule is COC(=O)c1ccc(C=C2SC(=S)N(c3cccnc3)C2=O)cc1. The van der Waals surface area contributed by atoms with Gasteiger partial charge in [-0.2, -0.15) is 0 Å². The fourth-order valence-corrected chi connectivity index (χ4v) is 3.46. The molecular formula is C17H12N2O3S2. The summed E-state index contributed by atoms with van der Waals surface area (Å²) in [4.78, 5) is 30.0. The lowest BCUT2D eigenvalue weighted by atomic mass is 10.1. The Hall–Kier alpha value is -2.51. The number of carbonyl (C=O) groups excluding carboxylic acids is 2. The third-order valence-corrected chi connectivity index (χ3v) is 4.63. The third-order valence-electron chi connectivity index (χ3n) is 3.33. The Morgan fingerprint density at radius 3 is 2.67 bits per heavy atom. The van der Waals surface area contributed by atoms with E-state index in [1.54, 1.807) is 54.9 Å². The van der Waals surface area contributed by atoms with Gasteiger partial charge in [-0.3, -0.25) is 14.7 Å². The first-order valence-corrected chi connectivity index (χ1v) is 8.19. The van der Waals surface area contributed by atoms with Gasteiger partial charge in [-0.25, -0.2) is 4.79 Å². The molecule has 24 heavy (non-hydrogen) atoms. The van der Waals surface area contributed by atoms with E-state index in [1.165, 1.54) is 23.8 Å². The molecule has 1 aromatic heterocycles. The molecule has 1 amide bonds. The number of methoxy groups -OCH3 is 1. The number of anilines is 1. The largest absolute Gasteiger partial charge is 0.465 e. The topological polar surface area (TPSA) is 59.5 Å². The molecule has 1 aliphatic rings. The van der Waals surface area contributed by atoms with Crippen LogP contribution in [0.15, 0.2) is 53.7 Å². The average molecular weight is 356 g/mol. The van der Waals surface area contributed by atoms with Crippen LogP contribution in [-0.4, -0.2) is 28.3 Å². The molecule has 0 bridgehead atoms. The second-order valence-corrected chi connectivity index (χ2v) is 6.52. The molecule has 0 atom stereocenters. The summed E-state index contributed by atoms with van der Waals surface area (Å²) in [5.41, 5.74) is 1.90. The van der Waals surface area contributed by atoms with Gasteiger partial charge in [-0.15, -0.1) is 0 Å². The number of amides is 1. The van der Waals surface area contributed by atoms with Crippen LogP contribution in [0.3, 0.4) is 0 Å². The smallest absolute Gasteiger partial charge is 0.337 e. The Morgan fingerprint density at radius 1 is 1.29 bits per heavy atom. The highest BCUT2D eigenvalue weighted by atomic mass is 32.2. The minimum atomic E-state index is -0.399. The number of ether oxygens (including phenoxy) is 1. The molecule has 120 valence electrons. The monoisotopic (exact) mass is 356 g/mol. The standard InChI is InChI=1S/C17H12N2O3S2/c1-22-16(21)12-6-4-11(5-7-12)9-14-15(20)19(17(23)24-14)13-3-2-8-18-10-13/h2-10H,1H3. The lowest BCUT2D eigenvalue weighted by Crippen LogP contribution is -2.27. The number of hydrogen-bond acceptors (Lipinski definition) is 6. The molecule has 1 aromatic carbocycles. The van der Waals surface area contributed by atoms with Gasteiger partial charge < -0.3 is 4.74 Å². The molecule has 5 nitrogen and oxygen atoms in total. The maximum Gasteiger partial charge on any atom is 0.337 e. The van der Waals surface area contributed by atoms with Crippen LogP contribution in [0.1, 0.15) is 15.9 Å². The van der Waals surface area contributed by atoms with Crippen molar-refractivity contribution in [3.05, 3.63) is 64.8 Å². The molecule has 0 unspecified atom stereocenters. The Balaban J connectivity index is 1.85. The first-order valence-electron chi connectivity index (χ1n) is 6.96. The van der Waals surface area contributed by atoms with Gasteiger partial charge in [-0.1, -0.05) is 36.1 Å². The number of aromatic nitrogens is 1. The number of thioether (sulfide) groups is 1. The van der Waals surface area contributed by atoms with E-state index in [-0.39, 0.29) is 5.91 Å². The van der Waals surface area contributed by atoms with E-state index >= 15 is 0 Å². The van der Waals surface area contributed by atoms with E-state index in [4.69, 9.17) is 12.2 Å². The van der Waals surface area contributed by atoms with Crippen molar-refractivity contribution >= 4 is 51.9 Å². The van der Waals surface area contributed by atoms with Crippen molar-refractivity contribution in [2.75, 3.05) is 12.0 Å². The van der Waals surface area contributed by atoms with Crippen molar-refractivity contribution in [2.45, 2.75) is 0 Å². The second-order valence-electron chi connectivity index (χ2n) is 4.84. The van der Waals surface area contributed by atoms with Crippen LogP contribution >= 0.6 is 24.0 Å². The Labute approximate surface area is 148 Å². The van der Waals surface area contributed by atoms with Gasteiger partial charge in [0.2, 0.25) is 0 Å². The molecule has 7 heteroatoms. The predicted octanol–water partition coefficient (Wildman–Crippen LogP) is 3.27. The minimum Gasteiger partial charge on any atom is -0.465 e. The van der Waals surface area contributed by atoms with Gasteiger partial charge in [0.25, 0.3) is 5.91 Å². The van der Waals surface area contributed by atoms with Crippen LogP contribution in [0.5, 0.6) is 0 Å². The molecule has 0 saturated carbocycles. The van der Waals surface area contributed by atoms with Gasteiger partial charge in [0.15, 0.2) is 4.32 Å². The normalized spacial score (nSPS) is 15.9. The molecular weight excluding hydrogens is 344 g/mol. The van der Waals surface area contributed by atoms with Crippen molar-refractivity contribution < 1.29 is 14.3 Å². The van der Waals surface area contributed by atoms with Gasteiger partial charge in [0, 0.05) is 6.20 Å². The van der Waals surface area contributed by atoms with Crippen molar-refractivity contribution in [2.24, 2.45) is 0 Å². The zero-order valence-electron chi connectivity index (χ0n) is 12.6. The molecule has 1 fully saturated rings. The quantitative estimate of drug-likeness (QED) is 0.478. The number of rotatable bonds is 3. The Morgan fingerprint density at radius 2 is 2.04 bits per heavy atom. The molecule has 0 N–H and O–H groups in total. The molecule has 1 saturated heterocycles. The second kappa shape index (κ2) is 6.94. The zero-order chi connectivity index (χ0) is 17.1. The summed E-state index contributed by atoms with van der Waals surface area (Å²) in [7, 11) is 1.33. The summed E-state index contributed by atoms with van der Waals surface area (Å²) < 4.78 is 5.12. The Bertz CT molecular complexity index is 833. The van der Waals surface area contributed by atoms with Crippen molar-refractivity contribution in [1.29, 1.82) is 0 Å². The van der Waals surface area contributed by atoms with E-state index < -0.39 is 5.97 Å². The first kappa shape index (κ1) is 16.4. The molecule has 0 aliphatic carbocycles. The van der Waals surface area contributed by atoms with Crippen molar-refractivity contribution in [3.63, 3.8) is 0 Å². The van der Waals surface area contributed by atoms with Crippen LogP contribution in [0, 0.1) is 0 Å². The number of benzene rings is 1. The van der Waals surface area contributed by atoms with Crippen molar-refractivity contribution in [3.8, 4) is 0 Å². The minimum absolute atomic E-state index is 0.185. The number of thiocarbonyl (C=S) groups is 1. The lowest BCUT2D eigenvalue weighted by molar-refractivity contribution is -0.113. The number of pyridine rings is 1. The summed E-state index contributed by atoms with van der Waals surface area (Å²) >= 11 is 6.54. The molecule has 1 aliphatic heterocycles. The van der Waals surface area contributed by atoms with Crippen LogP contribution < -0.4 is 4.90 Å². The van der Waals surface area contributed by atoms with Crippen LogP contribution in [0.2, 0.25) is 0 Å². The highest BCUT2D eigenvalue weighted by Crippen LogP contribution is 2.35. The van der Waals surface area contributed by atoms with E-state index in [2.05, 4.69) is 9.72 Å². The maximum absolute atomic E-state index is 12.6. The highest BCUT2D eigenvalue weighted by molar-refractivity contribution is 8.27. The summed E-state index contributed by atoms with van der Waals surface area (Å²) in [6.07, 6.45) is 4.98. The predicted molar refractivity (Wildman–Crippen MR) is 97.7 cm³/mol. The third kappa shape index (κ3) is 3.22. The fourth-order valence-electron chi connectivity index (χ4n) is 2.16. The van der Waals surface area contributed by atoms with Gasteiger partial charge in [0.05, 0.1) is 29.5 Å². The molecule has 0 spiro atoms. The number of esters is 1. The van der Waals surface area contributed by atoms with E-state index in [1.807, 2.05) is 0 Å².